The molecule has 0 spiro atoms. The molecule has 0 bridgehead atoms. The number of aromatic nitrogens is 2. The Hall–Kier alpha value is -1.65. The van der Waals surface area contributed by atoms with E-state index in [1.165, 1.54) is 5.56 Å². The summed E-state index contributed by atoms with van der Waals surface area (Å²) < 4.78 is 1.87. The summed E-state index contributed by atoms with van der Waals surface area (Å²) in [7, 11) is 1.94. The molecule has 0 aliphatic rings. The smallest absolute Gasteiger partial charge is 0.0705 e. The van der Waals surface area contributed by atoms with E-state index < -0.39 is 0 Å². The summed E-state index contributed by atoms with van der Waals surface area (Å²) in [5, 5.41) is 17.7. The van der Waals surface area contributed by atoms with Crippen molar-refractivity contribution in [1.29, 1.82) is 0 Å². The zero-order chi connectivity index (χ0) is 14.5. The average molecular weight is 273 g/mol. The largest absolute Gasteiger partial charge is 0.391 e. The second-order valence-corrected chi connectivity index (χ2v) is 5.28. The maximum atomic E-state index is 10.1. The van der Waals surface area contributed by atoms with Crippen LogP contribution >= 0.6 is 0 Å². The van der Waals surface area contributed by atoms with E-state index in [0.29, 0.717) is 13.0 Å². The molecule has 1 heterocycles. The first-order valence-corrected chi connectivity index (χ1v) is 7.01. The average Bonchev–Trinajstić information content (AvgIpc) is 2.78. The Labute approximate surface area is 120 Å². The molecule has 20 heavy (non-hydrogen) atoms. The van der Waals surface area contributed by atoms with Crippen molar-refractivity contribution < 1.29 is 5.11 Å². The molecule has 2 unspecified atom stereocenters. The topological polar surface area (TPSA) is 50.1 Å². The van der Waals surface area contributed by atoms with Crippen molar-refractivity contribution in [3.05, 3.63) is 53.3 Å². The minimum Gasteiger partial charge on any atom is -0.391 e. The summed E-state index contributed by atoms with van der Waals surface area (Å²) in [6.07, 6.45) is 2.18. The Morgan fingerprint density at radius 3 is 2.60 bits per heavy atom. The first-order valence-electron chi connectivity index (χ1n) is 7.01. The third-order valence-electron chi connectivity index (χ3n) is 3.71. The van der Waals surface area contributed by atoms with E-state index in [1.54, 1.807) is 0 Å². The maximum absolute atomic E-state index is 10.1. The van der Waals surface area contributed by atoms with Gasteiger partial charge in [0.2, 0.25) is 0 Å². The molecule has 0 radical (unpaired) electrons. The molecule has 0 saturated heterocycles. The summed E-state index contributed by atoms with van der Waals surface area (Å²) in [6.45, 7) is 4.73. The fourth-order valence-electron chi connectivity index (χ4n) is 2.32. The molecule has 1 aromatic carbocycles. The van der Waals surface area contributed by atoms with Crippen molar-refractivity contribution in [3.8, 4) is 0 Å². The normalized spacial score (nSPS) is 14.2. The van der Waals surface area contributed by atoms with Crippen molar-refractivity contribution in [2.75, 3.05) is 6.54 Å². The van der Waals surface area contributed by atoms with Crippen LogP contribution in [-0.2, 0) is 13.5 Å². The summed E-state index contributed by atoms with van der Waals surface area (Å²) in [5.74, 6) is 0. The Kier molecular flexibility index (Phi) is 4.93. The second kappa shape index (κ2) is 6.68. The quantitative estimate of drug-likeness (QED) is 0.846. The van der Waals surface area contributed by atoms with Gasteiger partial charge in [0.1, 0.15) is 0 Å². The molecular formula is C16H23N3O. The lowest BCUT2D eigenvalue weighted by atomic mass is 10.1. The van der Waals surface area contributed by atoms with Crippen LogP contribution in [0, 0.1) is 6.92 Å². The maximum Gasteiger partial charge on any atom is 0.0705 e. The molecule has 2 rings (SSSR count). The van der Waals surface area contributed by atoms with Gasteiger partial charge in [-0.05, 0) is 25.8 Å². The number of nitrogens with one attached hydrogen (secondary N) is 1. The Morgan fingerprint density at radius 1 is 1.30 bits per heavy atom. The van der Waals surface area contributed by atoms with Crippen molar-refractivity contribution in [2.45, 2.75) is 32.4 Å². The first kappa shape index (κ1) is 14.8. The van der Waals surface area contributed by atoms with E-state index in [1.807, 2.05) is 48.3 Å². The Bertz CT molecular complexity index is 536. The van der Waals surface area contributed by atoms with Crippen molar-refractivity contribution in [3.63, 3.8) is 0 Å². The van der Waals surface area contributed by atoms with Crippen LogP contribution in [0.4, 0.5) is 0 Å². The number of hydrogen-bond donors (Lipinski definition) is 2. The van der Waals surface area contributed by atoms with Crippen LogP contribution in [0.25, 0.3) is 0 Å². The van der Waals surface area contributed by atoms with Crippen LogP contribution in [0.2, 0.25) is 0 Å². The molecule has 0 aliphatic carbocycles. The van der Waals surface area contributed by atoms with Gasteiger partial charge in [0.25, 0.3) is 0 Å². The highest BCUT2D eigenvalue weighted by atomic mass is 16.3. The number of benzene rings is 1. The van der Waals surface area contributed by atoms with E-state index in [9.17, 15) is 5.11 Å². The number of nitrogens with zero attached hydrogens (tertiary/aromatic N) is 2. The summed E-state index contributed by atoms with van der Waals surface area (Å²) >= 11 is 0. The van der Waals surface area contributed by atoms with Crippen LogP contribution in [0.15, 0.2) is 36.5 Å². The van der Waals surface area contributed by atoms with Crippen molar-refractivity contribution >= 4 is 0 Å². The Balaban J connectivity index is 1.84. The lowest BCUT2D eigenvalue weighted by Crippen LogP contribution is -2.30. The minimum atomic E-state index is -0.378. The first-order chi connectivity index (χ1) is 9.58. The van der Waals surface area contributed by atoms with E-state index in [-0.39, 0.29) is 12.1 Å². The Morgan fingerprint density at radius 2 is 2.00 bits per heavy atom. The van der Waals surface area contributed by atoms with Gasteiger partial charge >= 0.3 is 0 Å². The van der Waals surface area contributed by atoms with Crippen LogP contribution in [0.1, 0.15) is 29.8 Å². The van der Waals surface area contributed by atoms with E-state index in [4.69, 9.17) is 0 Å². The highest BCUT2D eigenvalue weighted by Crippen LogP contribution is 2.15. The molecule has 0 saturated carbocycles. The number of aryl methyl sites for hydroxylation is 1. The molecule has 2 aromatic rings. The number of aliphatic hydroxyl groups excluding tert-OH is 1. The third kappa shape index (κ3) is 3.68. The van der Waals surface area contributed by atoms with Gasteiger partial charge in [-0.25, -0.2) is 0 Å². The minimum absolute atomic E-state index is 0.189. The fourth-order valence-corrected chi connectivity index (χ4v) is 2.32. The number of aliphatic hydroxyl groups is 1. The molecule has 4 nitrogen and oxygen atoms in total. The standard InChI is InChI=1S/C16H23N3O/c1-12(16-11-18-19(3)13(16)2)17-10-15(20)9-14-7-5-4-6-8-14/h4-8,11-12,15,17,20H,9-10H2,1-3H3. The molecule has 2 atom stereocenters. The van der Waals surface area contributed by atoms with Crippen LogP contribution in [0.5, 0.6) is 0 Å². The van der Waals surface area contributed by atoms with Gasteiger partial charge in [-0.15, -0.1) is 0 Å². The van der Waals surface area contributed by atoms with Gasteiger partial charge < -0.3 is 10.4 Å². The molecule has 4 heteroatoms. The highest BCUT2D eigenvalue weighted by Gasteiger charge is 2.13. The second-order valence-electron chi connectivity index (χ2n) is 5.28. The number of hydrogen-bond acceptors (Lipinski definition) is 3. The summed E-state index contributed by atoms with van der Waals surface area (Å²) in [4.78, 5) is 0. The lowest BCUT2D eigenvalue weighted by Gasteiger charge is -2.17. The van der Waals surface area contributed by atoms with Gasteiger partial charge in [0.15, 0.2) is 0 Å². The highest BCUT2D eigenvalue weighted by molar-refractivity contribution is 5.20. The molecular weight excluding hydrogens is 250 g/mol. The van der Waals surface area contributed by atoms with Crippen LogP contribution in [0.3, 0.4) is 0 Å². The summed E-state index contributed by atoms with van der Waals surface area (Å²) in [6, 6.07) is 10.2. The number of rotatable bonds is 6. The molecule has 0 aliphatic heterocycles. The zero-order valence-corrected chi connectivity index (χ0v) is 12.4. The van der Waals surface area contributed by atoms with E-state index >= 15 is 0 Å². The predicted octanol–water partition coefficient (Wildman–Crippen LogP) is 1.98. The third-order valence-corrected chi connectivity index (χ3v) is 3.71. The van der Waals surface area contributed by atoms with E-state index in [2.05, 4.69) is 24.3 Å². The van der Waals surface area contributed by atoms with Gasteiger partial charge in [-0.2, -0.15) is 5.10 Å². The van der Waals surface area contributed by atoms with Gasteiger partial charge in [0, 0.05) is 30.9 Å². The van der Waals surface area contributed by atoms with Crippen molar-refractivity contribution in [1.82, 2.24) is 15.1 Å². The van der Waals surface area contributed by atoms with E-state index in [0.717, 1.165) is 11.3 Å². The van der Waals surface area contributed by atoms with Crippen LogP contribution in [-0.4, -0.2) is 27.5 Å². The SMILES string of the molecule is Cc1c(C(C)NCC(O)Cc2ccccc2)cnn1C. The van der Waals surface area contributed by atoms with Crippen LogP contribution < -0.4 is 5.32 Å². The molecule has 0 amide bonds. The fraction of sp³-hybridized carbons (Fsp3) is 0.438. The molecule has 0 fully saturated rings. The molecule has 2 N–H and O–H groups in total. The van der Waals surface area contributed by atoms with Gasteiger partial charge in [0.05, 0.1) is 12.3 Å². The summed E-state index contributed by atoms with van der Waals surface area (Å²) in [5.41, 5.74) is 3.49. The molecule has 108 valence electrons. The van der Waals surface area contributed by atoms with Gasteiger partial charge in [-0.1, -0.05) is 30.3 Å². The molecule has 1 aromatic heterocycles. The monoisotopic (exact) mass is 273 g/mol. The predicted molar refractivity (Wildman–Crippen MR) is 80.5 cm³/mol. The zero-order valence-electron chi connectivity index (χ0n) is 12.4. The lowest BCUT2D eigenvalue weighted by molar-refractivity contribution is 0.168. The van der Waals surface area contributed by atoms with Crippen molar-refractivity contribution in [2.24, 2.45) is 7.05 Å². The van der Waals surface area contributed by atoms with Gasteiger partial charge in [-0.3, -0.25) is 4.68 Å².